The maximum atomic E-state index is 13.6. The average molecular weight is 301 g/mol. The van der Waals surface area contributed by atoms with Crippen molar-refractivity contribution in [2.45, 2.75) is 18.6 Å². The van der Waals surface area contributed by atoms with Crippen LogP contribution in [-0.4, -0.2) is 0 Å². The number of hydrogen-bond acceptors (Lipinski definition) is 1. The number of halogens is 5. The Kier molecular flexibility index (Phi) is 4.27. The molecule has 0 radical (unpaired) electrons. The fourth-order valence-corrected chi connectivity index (χ4v) is 2.10. The highest BCUT2D eigenvalue weighted by atomic mass is 19.4. The first-order valence-electron chi connectivity index (χ1n) is 6.14. The van der Waals surface area contributed by atoms with Gasteiger partial charge in [-0.3, -0.25) is 0 Å². The third-order valence-electron chi connectivity index (χ3n) is 3.08. The van der Waals surface area contributed by atoms with Gasteiger partial charge in [-0.2, -0.15) is 13.2 Å². The maximum absolute atomic E-state index is 13.6. The van der Waals surface area contributed by atoms with Crippen LogP contribution in [0.2, 0.25) is 0 Å². The van der Waals surface area contributed by atoms with E-state index in [4.69, 9.17) is 5.73 Å². The van der Waals surface area contributed by atoms with Crippen LogP contribution >= 0.6 is 0 Å². The van der Waals surface area contributed by atoms with E-state index in [1.165, 1.54) is 18.2 Å². The molecule has 2 aromatic carbocycles. The molecule has 0 amide bonds. The summed E-state index contributed by atoms with van der Waals surface area (Å²) in [6.07, 6.45) is -4.56. The molecule has 1 atom stereocenters. The second-order valence-electron chi connectivity index (χ2n) is 4.64. The minimum Gasteiger partial charge on any atom is -0.323 e. The molecule has 6 heteroatoms. The van der Waals surface area contributed by atoms with Crippen molar-refractivity contribution < 1.29 is 22.0 Å². The first-order valence-corrected chi connectivity index (χ1v) is 6.14. The number of hydrogen-bond donors (Lipinski definition) is 1. The Labute approximate surface area is 118 Å². The van der Waals surface area contributed by atoms with Crippen LogP contribution in [0.4, 0.5) is 22.0 Å². The Hall–Kier alpha value is -1.95. The number of benzene rings is 2. The lowest BCUT2D eigenvalue weighted by Crippen LogP contribution is -2.17. The Balaban J connectivity index is 2.26. The molecule has 112 valence electrons. The highest BCUT2D eigenvalue weighted by Gasteiger charge is 2.30. The van der Waals surface area contributed by atoms with Gasteiger partial charge in [0.15, 0.2) is 0 Å². The van der Waals surface area contributed by atoms with Gasteiger partial charge in [-0.1, -0.05) is 24.3 Å². The summed E-state index contributed by atoms with van der Waals surface area (Å²) in [6, 6.07) is 6.79. The van der Waals surface area contributed by atoms with Gasteiger partial charge in [0, 0.05) is 11.6 Å². The van der Waals surface area contributed by atoms with E-state index in [-0.39, 0.29) is 17.5 Å². The monoisotopic (exact) mass is 301 g/mol. The zero-order valence-electron chi connectivity index (χ0n) is 10.8. The largest absolute Gasteiger partial charge is 0.416 e. The predicted molar refractivity (Wildman–Crippen MR) is 68.4 cm³/mol. The fourth-order valence-electron chi connectivity index (χ4n) is 2.10. The maximum Gasteiger partial charge on any atom is 0.416 e. The van der Waals surface area contributed by atoms with E-state index in [1.807, 2.05) is 0 Å². The molecule has 0 saturated heterocycles. The lowest BCUT2D eigenvalue weighted by atomic mass is 9.97. The van der Waals surface area contributed by atoms with Crippen molar-refractivity contribution in [1.82, 2.24) is 0 Å². The molecule has 1 nitrogen and oxygen atoms in total. The van der Waals surface area contributed by atoms with E-state index in [9.17, 15) is 22.0 Å². The van der Waals surface area contributed by atoms with Gasteiger partial charge in [-0.25, -0.2) is 8.78 Å². The van der Waals surface area contributed by atoms with Crippen molar-refractivity contribution in [2.24, 2.45) is 5.73 Å². The molecular weight excluding hydrogens is 289 g/mol. The summed E-state index contributed by atoms with van der Waals surface area (Å²) in [5.74, 6) is -1.62. The van der Waals surface area contributed by atoms with Gasteiger partial charge < -0.3 is 5.73 Å². The number of alkyl halides is 3. The van der Waals surface area contributed by atoms with Crippen molar-refractivity contribution in [3.63, 3.8) is 0 Å². The predicted octanol–water partition coefficient (Wildman–Crippen LogP) is 4.23. The van der Waals surface area contributed by atoms with Crippen molar-refractivity contribution in [3.05, 3.63) is 70.8 Å². The SMILES string of the molecule is NC(Cc1cccc(C(F)(F)F)c1)c1c(F)cccc1F. The molecule has 0 saturated carbocycles. The van der Waals surface area contributed by atoms with Gasteiger partial charge in [0.25, 0.3) is 0 Å². The molecule has 2 rings (SSSR count). The summed E-state index contributed by atoms with van der Waals surface area (Å²) in [7, 11) is 0. The normalized spacial score (nSPS) is 13.2. The molecule has 21 heavy (non-hydrogen) atoms. The summed E-state index contributed by atoms with van der Waals surface area (Å²) in [4.78, 5) is 0. The minimum absolute atomic E-state index is 0.0955. The van der Waals surface area contributed by atoms with Crippen LogP contribution in [0.5, 0.6) is 0 Å². The van der Waals surface area contributed by atoms with Gasteiger partial charge >= 0.3 is 6.18 Å². The third kappa shape index (κ3) is 3.58. The molecule has 0 aliphatic carbocycles. The van der Waals surface area contributed by atoms with Crippen LogP contribution in [0.15, 0.2) is 42.5 Å². The minimum atomic E-state index is -4.47. The first-order chi connectivity index (χ1) is 9.79. The quantitative estimate of drug-likeness (QED) is 0.844. The highest BCUT2D eigenvalue weighted by Crippen LogP contribution is 2.30. The van der Waals surface area contributed by atoms with E-state index < -0.39 is 29.4 Å². The van der Waals surface area contributed by atoms with Gasteiger partial charge in [0.2, 0.25) is 0 Å². The molecule has 0 aliphatic rings. The second kappa shape index (κ2) is 5.81. The van der Waals surface area contributed by atoms with Gasteiger partial charge in [0.1, 0.15) is 11.6 Å². The molecule has 0 aliphatic heterocycles. The Morgan fingerprint density at radius 2 is 1.52 bits per heavy atom. The number of nitrogens with two attached hydrogens (primary N) is 1. The average Bonchev–Trinajstić information content (AvgIpc) is 2.37. The van der Waals surface area contributed by atoms with Gasteiger partial charge in [-0.15, -0.1) is 0 Å². The van der Waals surface area contributed by atoms with E-state index in [1.54, 1.807) is 0 Å². The van der Waals surface area contributed by atoms with Gasteiger partial charge in [-0.05, 0) is 30.2 Å². The topological polar surface area (TPSA) is 26.0 Å². The van der Waals surface area contributed by atoms with E-state index >= 15 is 0 Å². The second-order valence-corrected chi connectivity index (χ2v) is 4.64. The zero-order chi connectivity index (χ0) is 15.6. The summed E-state index contributed by atoms with van der Waals surface area (Å²) >= 11 is 0. The Morgan fingerprint density at radius 3 is 2.10 bits per heavy atom. The van der Waals surface area contributed by atoms with Crippen LogP contribution in [0.3, 0.4) is 0 Å². The molecule has 1 unspecified atom stereocenters. The molecule has 2 aromatic rings. The van der Waals surface area contributed by atoms with E-state index in [2.05, 4.69) is 0 Å². The summed E-state index contributed by atoms with van der Waals surface area (Å²) in [5.41, 5.74) is 4.85. The highest BCUT2D eigenvalue weighted by molar-refractivity contribution is 5.29. The van der Waals surface area contributed by atoms with E-state index in [0.717, 1.165) is 24.3 Å². The van der Waals surface area contributed by atoms with Crippen molar-refractivity contribution in [3.8, 4) is 0 Å². The summed E-state index contributed by atoms with van der Waals surface area (Å²) in [6.45, 7) is 0. The Morgan fingerprint density at radius 1 is 0.952 bits per heavy atom. The molecule has 0 heterocycles. The molecule has 0 aromatic heterocycles. The lowest BCUT2D eigenvalue weighted by molar-refractivity contribution is -0.137. The third-order valence-corrected chi connectivity index (χ3v) is 3.08. The van der Waals surface area contributed by atoms with Crippen molar-refractivity contribution in [1.29, 1.82) is 0 Å². The lowest BCUT2D eigenvalue weighted by Gasteiger charge is -2.15. The zero-order valence-corrected chi connectivity index (χ0v) is 10.8. The van der Waals surface area contributed by atoms with Crippen LogP contribution in [0, 0.1) is 11.6 Å². The smallest absolute Gasteiger partial charge is 0.323 e. The number of rotatable bonds is 3. The van der Waals surface area contributed by atoms with E-state index in [0.29, 0.717) is 0 Å². The molecular formula is C15H12F5N. The molecule has 0 fully saturated rings. The van der Waals surface area contributed by atoms with Crippen LogP contribution < -0.4 is 5.73 Å². The molecule has 0 spiro atoms. The van der Waals surface area contributed by atoms with Crippen LogP contribution in [0.25, 0.3) is 0 Å². The van der Waals surface area contributed by atoms with Crippen LogP contribution in [-0.2, 0) is 12.6 Å². The van der Waals surface area contributed by atoms with Gasteiger partial charge in [0.05, 0.1) is 5.56 Å². The fraction of sp³-hybridized carbons (Fsp3) is 0.200. The van der Waals surface area contributed by atoms with Crippen molar-refractivity contribution >= 4 is 0 Å². The molecule has 0 bridgehead atoms. The standard InChI is InChI=1S/C15H12F5N/c16-11-5-2-6-12(17)14(11)13(21)8-9-3-1-4-10(7-9)15(18,19)20/h1-7,13H,8,21H2. The van der Waals surface area contributed by atoms with Crippen LogP contribution in [0.1, 0.15) is 22.7 Å². The first kappa shape index (κ1) is 15.4. The molecule has 2 N–H and O–H groups in total. The summed E-state index contributed by atoms with van der Waals surface area (Å²) < 4.78 is 65.0. The van der Waals surface area contributed by atoms with Crippen molar-refractivity contribution in [2.75, 3.05) is 0 Å². The summed E-state index contributed by atoms with van der Waals surface area (Å²) in [5, 5.41) is 0. The Bertz CT molecular complexity index is 616.